The smallest absolute Gasteiger partial charge is 0.118 e. The number of nitrogens with one attached hydrogen (secondary N) is 1. The molecule has 0 heterocycles. The highest BCUT2D eigenvalue weighted by atomic mass is 16.5. The minimum absolute atomic E-state index is 0.467. The molecule has 2 nitrogen and oxygen atoms in total. The highest BCUT2D eigenvalue weighted by molar-refractivity contribution is 5.34. The number of hydrogen-bond donors (Lipinski definition) is 1. The summed E-state index contributed by atoms with van der Waals surface area (Å²) in [5, 5.41) is 3.78. The first-order valence-electron chi connectivity index (χ1n) is 7.73. The van der Waals surface area contributed by atoms with Crippen LogP contribution in [0.2, 0.25) is 0 Å². The molecule has 110 valence electrons. The molecule has 1 aliphatic carbocycles. The van der Waals surface area contributed by atoms with Gasteiger partial charge in [-0.25, -0.2) is 0 Å². The third kappa shape index (κ3) is 3.27. The first-order chi connectivity index (χ1) is 10.3. The second kappa shape index (κ2) is 6.31. The van der Waals surface area contributed by atoms with E-state index in [1.54, 1.807) is 7.11 Å². The van der Waals surface area contributed by atoms with Crippen LogP contribution in [0.15, 0.2) is 48.5 Å². The van der Waals surface area contributed by atoms with Gasteiger partial charge in [-0.15, -0.1) is 0 Å². The Morgan fingerprint density at radius 1 is 1.14 bits per heavy atom. The molecule has 2 heteroatoms. The molecule has 1 N–H and O–H groups in total. The second-order valence-corrected chi connectivity index (χ2v) is 5.91. The van der Waals surface area contributed by atoms with Crippen molar-refractivity contribution in [3.8, 4) is 5.75 Å². The fourth-order valence-corrected chi connectivity index (χ4v) is 3.25. The van der Waals surface area contributed by atoms with E-state index in [1.165, 1.54) is 29.5 Å². The molecule has 1 aliphatic rings. The topological polar surface area (TPSA) is 21.3 Å². The van der Waals surface area contributed by atoms with Gasteiger partial charge in [0.2, 0.25) is 0 Å². The Morgan fingerprint density at radius 3 is 2.67 bits per heavy atom. The van der Waals surface area contributed by atoms with Crippen LogP contribution in [0.4, 0.5) is 0 Å². The van der Waals surface area contributed by atoms with Gasteiger partial charge in [0, 0.05) is 12.1 Å². The summed E-state index contributed by atoms with van der Waals surface area (Å²) in [6.07, 6.45) is 3.46. The van der Waals surface area contributed by atoms with Gasteiger partial charge in [-0.05, 0) is 55.0 Å². The highest BCUT2D eigenvalue weighted by Crippen LogP contribution is 2.31. The van der Waals surface area contributed by atoms with Gasteiger partial charge < -0.3 is 10.1 Å². The van der Waals surface area contributed by atoms with Crippen LogP contribution in [0.5, 0.6) is 5.75 Å². The number of benzene rings is 2. The summed E-state index contributed by atoms with van der Waals surface area (Å²) >= 11 is 0. The molecule has 21 heavy (non-hydrogen) atoms. The van der Waals surface area contributed by atoms with Crippen molar-refractivity contribution in [1.82, 2.24) is 5.32 Å². The van der Waals surface area contributed by atoms with E-state index >= 15 is 0 Å². The monoisotopic (exact) mass is 281 g/mol. The van der Waals surface area contributed by atoms with Gasteiger partial charge in [-0.3, -0.25) is 0 Å². The Balaban J connectivity index is 1.60. The predicted molar refractivity (Wildman–Crippen MR) is 86.8 cm³/mol. The van der Waals surface area contributed by atoms with Crippen molar-refractivity contribution in [2.75, 3.05) is 7.11 Å². The van der Waals surface area contributed by atoms with E-state index in [4.69, 9.17) is 4.74 Å². The van der Waals surface area contributed by atoms with E-state index in [-0.39, 0.29) is 0 Å². The summed E-state index contributed by atoms with van der Waals surface area (Å²) < 4.78 is 5.21. The van der Waals surface area contributed by atoms with Crippen molar-refractivity contribution in [2.45, 2.75) is 38.3 Å². The minimum Gasteiger partial charge on any atom is -0.497 e. The first kappa shape index (κ1) is 14.2. The van der Waals surface area contributed by atoms with Gasteiger partial charge in [-0.1, -0.05) is 36.4 Å². The summed E-state index contributed by atoms with van der Waals surface area (Å²) in [5.74, 6) is 0.920. The first-order valence-corrected chi connectivity index (χ1v) is 7.73. The molecule has 0 amide bonds. The van der Waals surface area contributed by atoms with E-state index in [0.717, 1.165) is 12.2 Å². The normalized spacial score (nSPS) is 18.3. The van der Waals surface area contributed by atoms with E-state index in [0.29, 0.717) is 12.1 Å². The van der Waals surface area contributed by atoms with E-state index in [2.05, 4.69) is 48.6 Å². The van der Waals surface area contributed by atoms with Crippen LogP contribution >= 0.6 is 0 Å². The lowest BCUT2D eigenvalue weighted by atomic mass is 10.0. The molecule has 2 atom stereocenters. The SMILES string of the molecule is COc1ccc(CC(C)NC2CCc3ccccc32)cc1. The van der Waals surface area contributed by atoms with Crippen LogP contribution in [-0.4, -0.2) is 13.2 Å². The number of ether oxygens (including phenoxy) is 1. The molecule has 2 aromatic rings. The number of methoxy groups -OCH3 is 1. The Labute approximate surface area is 127 Å². The van der Waals surface area contributed by atoms with Crippen molar-refractivity contribution < 1.29 is 4.74 Å². The van der Waals surface area contributed by atoms with Gasteiger partial charge in [0.25, 0.3) is 0 Å². The maximum Gasteiger partial charge on any atom is 0.118 e. The third-order valence-corrected chi connectivity index (χ3v) is 4.32. The fourth-order valence-electron chi connectivity index (χ4n) is 3.25. The van der Waals surface area contributed by atoms with Crippen LogP contribution in [0.3, 0.4) is 0 Å². The Hall–Kier alpha value is -1.80. The molecule has 0 aromatic heterocycles. The van der Waals surface area contributed by atoms with Crippen LogP contribution in [0.1, 0.15) is 36.1 Å². The van der Waals surface area contributed by atoms with Crippen molar-refractivity contribution in [3.63, 3.8) is 0 Å². The summed E-state index contributed by atoms with van der Waals surface area (Å²) in [6, 6.07) is 18.2. The van der Waals surface area contributed by atoms with Gasteiger partial charge in [0.05, 0.1) is 7.11 Å². The molecule has 0 spiro atoms. The van der Waals surface area contributed by atoms with Crippen LogP contribution in [0.25, 0.3) is 0 Å². The average molecular weight is 281 g/mol. The largest absolute Gasteiger partial charge is 0.497 e. The summed E-state index contributed by atoms with van der Waals surface area (Å²) in [4.78, 5) is 0. The zero-order valence-electron chi connectivity index (χ0n) is 12.8. The highest BCUT2D eigenvalue weighted by Gasteiger charge is 2.22. The van der Waals surface area contributed by atoms with E-state index < -0.39 is 0 Å². The van der Waals surface area contributed by atoms with Crippen LogP contribution in [-0.2, 0) is 12.8 Å². The van der Waals surface area contributed by atoms with Crippen molar-refractivity contribution in [1.29, 1.82) is 0 Å². The van der Waals surface area contributed by atoms with Gasteiger partial charge in [0.15, 0.2) is 0 Å². The number of hydrogen-bond acceptors (Lipinski definition) is 2. The summed E-state index contributed by atoms with van der Waals surface area (Å²) in [7, 11) is 1.71. The van der Waals surface area contributed by atoms with Crippen LogP contribution < -0.4 is 10.1 Å². The maximum atomic E-state index is 5.21. The molecule has 0 fully saturated rings. The number of fused-ring (bicyclic) bond motifs is 1. The Morgan fingerprint density at radius 2 is 1.90 bits per heavy atom. The summed E-state index contributed by atoms with van der Waals surface area (Å²) in [5.41, 5.74) is 4.34. The van der Waals surface area contributed by atoms with E-state index in [1.807, 2.05) is 12.1 Å². The molecule has 0 saturated heterocycles. The molecule has 0 saturated carbocycles. The minimum atomic E-state index is 0.467. The lowest BCUT2D eigenvalue weighted by Crippen LogP contribution is -2.31. The van der Waals surface area contributed by atoms with Gasteiger partial charge in [0.1, 0.15) is 5.75 Å². The zero-order valence-corrected chi connectivity index (χ0v) is 12.8. The Bertz CT molecular complexity index is 591. The van der Waals surface area contributed by atoms with E-state index in [9.17, 15) is 0 Å². The summed E-state index contributed by atoms with van der Waals surface area (Å²) in [6.45, 7) is 2.27. The van der Waals surface area contributed by atoms with Crippen molar-refractivity contribution >= 4 is 0 Å². The van der Waals surface area contributed by atoms with Crippen molar-refractivity contribution in [3.05, 3.63) is 65.2 Å². The molecule has 0 radical (unpaired) electrons. The fraction of sp³-hybridized carbons (Fsp3) is 0.368. The predicted octanol–water partition coefficient (Wildman–Crippen LogP) is 3.90. The number of aryl methyl sites for hydroxylation is 1. The maximum absolute atomic E-state index is 5.21. The van der Waals surface area contributed by atoms with Gasteiger partial charge in [-0.2, -0.15) is 0 Å². The Kier molecular flexibility index (Phi) is 4.26. The second-order valence-electron chi connectivity index (χ2n) is 5.91. The van der Waals surface area contributed by atoms with Gasteiger partial charge >= 0.3 is 0 Å². The lowest BCUT2D eigenvalue weighted by molar-refractivity contribution is 0.414. The number of rotatable bonds is 5. The molecule has 0 bridgehead atoms. The molecular formula is C19H23NO. The molecule has 2 unspecified atom stereocenters. The molecular weight excluding hydrogens is 258 g/mol. The lowest BCUT2D eigenvalue weighted by Gasteiger charge is -2.20. The zero-order chi connectivity index (χ0) is 14.7. The quantitative estimate of drug-likeness (QED) is 0.897. The average Bonchev–Trinajstić information content (AvgIpc) is 2.91. The molecule has 3 rings (SSSR count). The standard InChI is InChI=1S/C19H23NO/c1-14(13-15-7-10-17(21-2)11-8-15)20-19-12-9-16-5-3-4-6-18(16)19/h3-8,10-11,14,19-20H,9,12-13H2,1-2H3. The molecule has 2 aromatic carbocycles. The van der Waals surface area contributed by atoms with Crippen LogP contribution in [0, 0.1) is 0 Å². The third-order valence-electron chi connectivity index (χ3n) is 4.32. The van der Waals surface area contributed by atoms with Crippen molar-refractivity contribution in [2.24, 2.45) is 0 Å². The molecule has 0 aliphatic heterocycles.